The summed E-state index contributed by atoms with van der Waals surface area (Å²) in [5, 5.41) is 8.25. The second-order valence-electron chi connectivity index (χ2n) is 5.70. The van der Waals surface area contributed by atoms with Crippen LogP contribution in [0.4, 0.5) is 18.0 Å². The maximum absolute atomic E-state index is 12.2. The molecule has 0 aromatic rings. The lowest BCUT2D eigenvalue weighted by atomic mass is 10.0. The fraction of sp³-hybridized carbons (Fsp3) is 0.867. The molecule has 0 aliphatic heterocycles. The van der Waals surface area contributed by atoms with E-state index in [2.05, 4.69) is 20.9 Å². The molecule has 0 saturated carbocycles. The molecule has 0 bridgehead atoms. The summed E-state index contributed by atoms with van der Waals surface area (Å²) in [6.07, 6.45) is -4.98. The fourth-order valence-electron chi connectivity index (χ4n) is 1.95. The van der Waals surface area contributed by atoms with Crippen LogP contribution in [0.15, 0.2) is 4.99 Å². The van der Waals surface area contributed by atoms with Crippen molar-refractivity contribution in [3.05, 3.63) is 0 Å². The van der Waals surface area contributed by atoms with Gasteiger partial charge in [-0.25, -0.2) is 4.79 Å². The Hall–Kier alpha value is -1.67. The highest BCUT2D eigenvalue weighted by Crippen LogP contribution is 2.18. The van der Waals surface area contributed by atoms with Gasteiger partial charge in [-0.1, -0.05) is 13.8 Å². The number of hydrogen-bond acceptors (Lipinski definition) is 3. The average molecular weight is 354 g/mol. The van der Waals surface area contributed by atoms with Crippen molar-refractivity contribution in [1.82, 2.24) is 16.0 Å². The van der Waals surface area contributed by atoms with Crippen LogP contribution < -0.4 is 16.0 Å². The van der Waals surface area contributed by atoms with Gasteiger partial charge in [-0.15, -0.1) is 0 Å². The van der Waals surface area contributed by atoms with Crippen LogP contribution in [0.3, 0.4) is 0 Å². The number of ether oxygens (including phenoxy) is 1. The molecule has 0 heterocycles. The summed E-state index contributed by atoms with van der Waals surface area (Å²) in [4.78, 5) is 15.8. The second-order valence-corrected chi connectivity index (χ2v) is 5.70. The zero-order valence-corrected chi connectivity index (χ0v) is 14.8. The number of hydrogen-bond donors (Lipinski definition) is 3. The van der Waals surface area contributed by atoms with Crippen molar-refractivity contribution in [3.8, 4) is 0 Å². The van der Waals surface area contributed by atoms with Gasteiger partial charge in [0.1, 0.15) is 0 Å². The van der Waals surface area contributed by atoms with Crippen LogP contribution in [0.5, 0.6) is 0 Å². The Labute approximate surface area is 141 Å². The number of amides is 1. The number of nitrogens with one attached hydrogen (secondary N) is 3. The SMILES string of the molecule is CCNC(=NCC(CC(C)C)NC(=O)OCC)NCCC(F)(F)F. The van der Waals surface area contributed by atoms with E-state index in [0.717, 1.165) is 0 Å². The maximum Gasteiger partial charge on any atom is 0.407 e. The first-order valence-electron chi connectivity index (χ1n) is 8.20. The normalized spacial score (nSPS) is 13.6. The summed E-state index contributed by atoms with van der Waals surface area (Å²) in [6.45, 7) is 8.34. The predicted octanol–water partition coefficient (Wildman–Crippen LogP) is 2.65. The van der Waals surface area contributed by atoms with Crippen molar-refractivity contribution < 1.29 is 22.7 Å². The van der Waals surface area contributed by atoms with Crippen molar-refractivity contribution in [3.63, 3.8) is 0 Å². The van der Waals surface area contributed by atoms with Crippen LogP contribution in [-0.4, -0.2) is 50.5 Å². The van der Waals surface area contributed by atoms with Crippen LogP contribution in [-0.2, 0) is 4.74 Å². The first kappa shape index (κ1) is 22.3. The van der Waals surface area contributed by atoms with Gasteiger partial charge in [0, 0.05) is 13.1 Å². The highest BCUT2D eigenvalue weighted by atomic mass is 19.4. The van der Waals surface area contributed by atoms with E-state index < -0.39 is 18.7 Å². The summed E-state index contributed by atoms with van der Waals surface area (Å²) in [5.74, 6) is 0.620. The Morgan fingerprint density at radius 3 is 2.38 bits per heavy atom. The monoisotopic (exact) mass is 354 g/mol. The third kappa shape index (κ3) is 12.8. The highest BCUT2D eigenvalue weighted by molar-refractivity contribution is 5.79. The Bertz CT molecular complexity index is 387. The second kappa shape index (κ2) is 11.8. The van der Waals surface area contributed by atoms with Gasteiger partial charge in [0.25, 0.3) is 0 Å². The van der Waals surface area contributed by atoms with Gasteiger partial charge < -0.3 is 20.7 Å². The van der Waals surface area contributed by atoms with Crippen LogP contribution >= 0.6 is 0 Å². The van der Waals surface area contributed by atoms with Gasteiger partial charge in [-0.2, -0.15) is 13.2 Å². The molecule has 1 atom stereocenters. The van der Waals surface area contributed by atoms with E-state index in [1.807, 2.05) is 20.8 Å². The first-order chi connectivity index (χ1) is 11.2. The molecule has 1 amide bonds. The van der Waals surface area contributed by atoms with Gasteiger partial charge >= 0.3 is 12.3 Å². The molecule has 0 aromatic heterocycles. The third-order valence-corrected chi connectivity index (χ3v) is 2.87. The number of alkyl halides is 3. The van der Waals surface area contributed by atoms with Crippen molar-refractivity contribution in [2.45, 2.75) is 52.8 Å². The fourth-order valence-corrected chi connectivity index (χ4v) is 1.95. The van der Waals surface area contributed by atoms with Gasteiger partial charge in [-0.3, -0.25) is 4.99 Å². The van der Waals surface area contributed by atoms with Gasteiger partial charge in [0.05, 0.1) is 25.6 Å². The van der Waals surface area contributed by atoms with Gasteiger partial charge in [-0.05, 0) is 26.2 Å². The maximum atomic E-state index is 12.2. The number of aliphatic imine (C=N–C) groups is 1. The van der Waals surface area contributed by atoms with Crippen molar-refractivity contribution in [2.75, 3.05) is 26.2 Å². The minimum absolute atomic E-state index is 0.248. The number of nitrogens with zero attached hydrogens (tertiary/aromatic N) is 1. The first-order valence-corrected chi connectivity index (χ1v) is 8.20. The summed E-state index contributed by atoms with van der Waals surface area (Å²) < 4.78 is 41.5. The molecule has 142 valence electrons. The molecular formula is C15H29F3N4O2. The molecule has 9 heteroatoms. The van der Waals surface area contributed by atoms with E-state index in [-0.39, 0.29) is 25.7 Å². The zero-order chi connectivity index (χ0) is 18.6. The quantitative estimate of drug-likeness (QED) is 0.440. The Kier molecular flexibility index (Phi) is 11.0. The van der Waals surface area contributed by atoms with E-state index >= 15 is 0 Å². The van der Waals surface area contributed by atoms with Gasteiger partial charge in [0.2, 0.25) is 0 Å². The molecule has 0 aliphatic rings. The molecule has 1 unspecified atom stereocenters. The summed E-state index contributed by atoms with van der Waals surface area (Å²) in [7, 11) is 0. The Morgan fingerprint density at radius 1 is 1.21 bits per heavy atom. The number of halogens is 3. The predicted molar refractivity (Wildman–Crippen MR) is 88.1 cm³/mol. The number of alkyl carbamates (subject to hydrolysis) is 1. The smallest absolute Gasteiger partial charge is 0.407 e. The van der Waals surface area contributed by atoms with Crippen molar-refractivity contribution in [1.29, 1.82) is 0 Å². The lowest BCUT2D eigenvalue weighted by Crippen LogP contribution is -2.42. The lowest BCUT2D eigenvalue weighted by molar-refractivity contribution is -0.132. The summed E-state index contributed by atoms with van der Waals surface area (Å²) in [6, 6.07) is -0.248. The molecule has 0 aliphatic carbocycles. The van der Waals surface area contributed by atoms with E-state index in [9.17, 15) is 18.0 Å². The van der Waals surface area contributed by atoms with Crippen molar-refractivity contribution >= 4 is 12.1 Å². The largest absolute Gasteiger partial charge is 0.450 e. The molecule has 0 radical (unpaired) electrons. The lowest BCUT2D eigenvalue weighted by Gasteiger charge is -2.19. The van der Waals surface area contributed by atoms with Crippen LogP contribution in [0, 0.1) is 5.92 Å². The molecule has 6 nitrogen and oxygen atoms in total. The zero-order valence-electron chi connectivity index (χ0n) is 14.8. The third-order valence-electron chi connectivity index (χ3n) is 2.87. The molecule has 3 N–H and O–H groups in total. The summed E-state index contributed by atoms with van der Waals surface area (Å²) in [5.41, 5.74) is 0. The summed E-state index contributed by atoms with van der Waals surface area (Å²) >= 11 is 0. The average Bonchev–Trinajstić information content (AvgIpc) is 2.42. The topological polar surface area (TPSA) is 74.8 Å². The van der Waals surface area contributed by atoms with Crippen LogP contribution in [0.2, 0.25) is 0 Å². The van der Waals surface area contributed by atoms with E-state index in [1.54, 1.807) is 6.92 Å². The standard InChI is InChI=1S/C15H29F3N4O2/c1-5-19-13(20-8-7-15(16,17)18)21-10-12(9-11(3)4)22-14(23)24-6-2/h11-12H,5-10H2,1-4H3,(H,22,23)(H2,19,20,21). The molecule has 0 saturated heterocycles. The highest BCUT2D eigenvalue weighted by Gasteiger charge is 2.26. The molecule has 0 spiro atoms. The Balaban J connectivity index is 4.65. The number of carbonyl (C=O) groups excluding carboxylic acids is 1. The van der Waals surface area contributed by atoms with Crippen LogP contribution in [0.1, 0.15) is 40.5 Å². The molecular weight excluding hydrogens is 325 g/mol. The number of carbonyl (C=O) groups is 1. The Morgan fingerprint density at radius 2 is 1.88 bits per heavy atom. The molecule has 0 aromatic carbocycles. The number of rotatable bonds is 9. The van der Waals surface area contributed by atoms with Crippen molar-refractivity contribution in [2.24, 2.45) is 10.9 Å². The van der Waals surface area contributed by atoms with E-state index in [0.29, 0.717) is 24.8 Å². The molecule has 0 rings (SSSR count). The minimum Gasteiger partial charge on any atom is -0.450 e. The van der Waals surface area contributed by atoms with E-state index in [1.165, 1.54) is 0 Å². The molecule has 24 heavy (non-hydrogen) atoms. The van der Waals surface area contributed by atoms with E-state index in [4.69, 9.17) is 4.74 Å². The van der Waals surface area contributed by atoms with Crippen LogP contribution in [0.25, 0.3) is 0 Å². The van der Waals surface area contributed by atoms with Gasteiger partial charge in [0.15, 0.2) is 5.96 Å². The molecule has 0 fully saturated rings. The number of guanidine groups is 1. The minimum atomic E-state index is -4.21.